The molecule has 1 saturated heterocycles. The summed E-state index contributed by atoms with van der Waals surface area (Å²) in [6, 6.07) is 6.04. The van der Waals surface area contributed by atoms with Crippen molar-refractivity contribution in [2.75, 3.05) is 31.1 Å². The number of nitrogens with two attached hydrogens (primary N) is 1. The van der Waals surface area contributed by atoms with Crippen LogP contribution in [-0.4, -0.2) is 47.8 Å². The van der Waals surface area contributed by atoms with Crippen molar-refractivity contribution in [1.29, 1.82) is 0 Å². The molecule has 2 aromatic rings. The number of carbonyl (C=O) groups excluding carboxylic acids is 2. The Morgan fingerprint density at radius 3 is 2.58 bits per heavy atom. The predicted octanol–water partition coefficient (Wildman–Crippen LogP) is 2.11. The SMILES string of the molecule is NC(=O)c1ccc(N2CCCN(C(=O)c3ccsc3)CC2)c([N+](=O)[O-])c1. The number of primary amides is 1. The number of thiophene rings is 1. The molecule has 8 nitrogen and oxygen atoms in total. The van der Waals surface area contributed by atoms with E-state index in [4.69, 9.17) is 5.73 Å². The highest BCUT2D eigenvalue weighted by atomic mass is 32.1. The Hall–Kier alpha value is -2.94. The van der Waals surface area contributed by atoms with Crippen molar-refractivity contribution >= 4 is 34.5 Å². The van der Waals surface area contributed by atoms with Crippen LogP contribution in [0.4, 0.5) is 11.4 Å². The number of nitro groups is 1. The van der Waals surface area contributed by atoms with Crippen molar-refractivity contribution < 1.29 is 14.5 Å². The van der Waals surface area contributed by atoms with Crippen LogP contribution in [0.25, 0.3) is 0 Å². The number of rotatable bonds is 4. The Balaban J connectivity index is 1.80. The molecule has 0 aliphatic carbocycles. The van der Waals surface area contributed by atoms with E-state index < -0.39 is 10.8 Å². The van der Waals surface area contributed by atoms with Gasteiger partial charge in [-0.25, -0.2) is 0 Å². The number of nitrogens with zero attached hydrogens (tertiary/aromatic N) is 3. The van der Waals surface area contributed by atoms with Gasteiger partial charge in [-0.2, -0.15) is 11.3 Å². The van der Waals surface area contributed by atoms with Crippen molar-refractivity contribution in [1.82, 2.24) is 4.90 Å². The summed E-state index contributed by atoms with van der Waals surface area (Å²) in [7, 11) is 0. The number of hydrogen-bond donors (Lipinski definition) is 1. The molecule has 1 aliphatic rings. The summed E-state index contributed by atoms with van der Waals surface area (Å²) >= 11 is 1.47. The lowest BCUT2D eigenvalue weighted by atomic mass is 10.1. The van der Waals surface area contributed by atoms with Crippen LogP contribution in [0.15, 0.2) is 35.0 Å². The Labute approximate surface area is 154 Å². The molecule has 136 valence electrons. The summed E-state index contributed by atoms with van der Waals surface area (Å²) in [5.41, 5.74) is 6.27. The maximum Gasteiger partial charge on any atom is 0.293 e. The fourth-order valence-corrected chi connectivity index (χ4v) is 3.65. The highest BCUT2D eigenvalue weighted by molar-refractivity contribution is 7.08. The molecule has 1 aromatic heterocycles. The van der Waals surface area contributed by atoms with Crippen molar-refractivity contribution in [3.63, 3.8) is 0 Å². The molecular formula is C17H18N4O4S. The summed E-state index contributed by atoms with van der Waals surface area (Å²) in [5.74, 6) is -0.727. The molecule has 0 saturated carbocycles. The van der Waals surface area contributed by atoms with Gasteiger partial charge in [0.25, 0.3) is 11.6 Å². The van der Waals surface area contributed by atoms with Gasteiger partial charge in [0.15, 0.2) is 0 Å². The molecule has 0 bridgehead atoms. The van der Waals surface area contributed by atoms with E-state index >= 15 is 0 Å². The molecule has 1 aromatic carbocycles. The van der Waals surface area contributed by atoms with Gasteiger partial charge in [-0.1, -0.05) is 0 Å². The average Bonchev–Trinajstić information content (AvgIpc) is 3.05. The fraction of sp³-hybridized carbons (Fsp3) is 0.294. The third kappa shape index (κ3) is 3.67. The topological polar surface area (TPSA) is 110 Å². The van der Waals surface area contributed by atoms with Crippen LogP contribution in [-0.2, 0) is 0 Å². The number of anilines is 1. The second kappa shape index (κ2) is 7.52. The van der Waals surface area contributed by atoms with Gasteiger partial charge in [-0.05, 0) is 30.0 Å². The summed E-state index contributed by atoms with van der Waals surface area (Å²) < 4.78 is 0. The lowest BCUT2D eigenvalue weighted by Crippen LogP contribution is -2.35. The number of hydrogen-bond acceptors (Lipinski definition) is 6. The first-order chi connectivity index (χ1) is 12.5. The van der Waals surface area contributed by atoms with Crippen LogP contribution < -0.4 is 10.6 Å². The number of carbonyl (C=O) groups is 2. The van der Waals surface area contributed by atoms with Crippen LogP contribution in [0.5, 0.6) is 0 Å². The third-order valence-electron chi connectivity index (χ3n) is 4.35. The highest BCUT2D eigenvalue weighted by Crippen LogP contribution is 2.30. The van der Waals surface area contributed by atoms with Gasteiger partial charge in [0.05, 0.1) is 10.5 Å². The van der Waals surface area contributed by atoms with Crippen LogP contribution in [0.1, 0.15) is 27.1 Å². The minimum Gasteiger partial charge on any atom is -0.366 e. The normalized spacial score (nSPS) is 14.8. The number of amides is 2. The molecule has 0 spiro atoms. The maximum absolute atomic E-state index is 12.5. The Bertz CT molecular complexity index is 837. The molecule has 2 heterocycles. The zero-order valence-corrected chi connectivity index (χ0v) is 14.8. The molecule has 2 amide bonds. The lowest BCUT2D eigenvalue weighted by molar-refractivity contribution is -0.384. The number of benzene rings is 1. The average molecular weight is 374 g/mol. The maximum atomic E-state index is 12.5. The van der Waals surface area contributed by atoms with Crippen LogP contribution in [0.3, 0.4) is 0 Å². The molecule has 1 fully saturated rings. The number of nitro benzene ring substituents is 1. The van der Waals surface area contributed by atoms with Crippen LogP contribution in [0, 0.1) is 10.1 Å². The lowest BCUT2D eigenvalue weighted by Gasteiger charge is -2.23. The first kappa shape index (κ1) is 17.9. The van der Waals surface area contributed by atoms with Crippen molar-refractivity contribution in [2.45, 2.75) is 6.42 Å². The van der Waals surface area contributed by atoms with Gasteiger partial charge >= 0.3 is 0 Å². The van der Waals surface area contributed by atoms with E-state index in [1.165, 1.54) is 23.5 Å². The summed E-state index contributed by atoms with van der Waals surface area (Å²) in [5, 5.41) is 15.1. The minimum absolute atomic E-state index is 0.0216. The van der Waals surface area contributed by atoms with Crippen molar-refractivity contribution in [2.24, 2.45) is 5.73 Å². The van der Waals surface area contributed by atoms with Crippen molar-refractivity contribution in [3.8, 4) is 0 Å². The zero-order chi connectivity index (χ0) is 18.7. The van der Waals surface area contributed by atoms with Gasteiger partial charge in [0.2, 0.25) is 5.91 Å². The van der Waals surface area contributed by atoms with E-state index in [1.807, 2.05) is 15.7 Å². The Morgan fingerprint density at radius 2 is 1.92 bits per heavy atom. The molecule has 1 aliphatic heterocycles. The quantitative estimate of drug-likeness (QED) is 0.651. The van der Waals surface area contributed by atoms with Gasteiger partial charge < -0.3 is 15.5 Å². The van der Waals surface area contributed by atoms with Crippen molar-refractivity contribution in [3.05, 3.63) is 56.3 Å². The van der Waals surface area contributed by atoms with Gasteiger partial charge in [0.1, 0.15) is 5.69 Å². The van der Waals surface area contributed by atoms with Crippen LogP contribution in [0.2, 0.25) is 0 Å². The summed E-state index contributed by atoms with van der Waals surface area (Å²) in [4.78, 5) is 38.3. The molecule has 9 heteroatoms. The molecule has 0 unspecified atom stereocenters. The van der Waals surface area contributed by atoms with E-state index in [2.05, 4.69) is 0 Å². The van der Waals surface area contributed by atoms with E-state index in [0.717, 1.165) is 0 Å². The van der Waals surface area contributed by atoms with Gasteiger partial charge in [-0.15, -0.1) is 0 Å². The van der Waals surface area contributed by atoms with Gasteiger partial charge in [-0.3, -0.25) is 19.7 Å². The Morgan fingerprint density at radius 1 is 1.12 bits per heavy atom. The first-order valence-electron chi connectivity index (χ1n) is 8.12. The summed E-state index contributed by atoms with van der Waals surface area (Å²) in [6.07, 6.45) is 0.699. The van der Waals surface area contributed by atoms with E-state index in [1.54, 1.807) is 17.0 Å². The van der Waals surface area contributed by atoms with Crippen LogP contribution >= 0.6 is 11.3 Å². The fourth-order valence-electron chi connectivity index (χ4n) is 3.02. The van der Waals surface area contributed by atoms with E-state index in [-0.39, 0.29) is 17.2 Å². The molecule has 0 atom stereocenters. The monoisotopic (exact) mass is 374 g/mol. The summed E-state index contributed by atoms with van der Waals surface area (Å²) in [6.45, 7) is 2.14. The van der Waals surface area contributed by atoms with E-state index in [9.17, 15) is 19.7 Å². The molecular weight excluding hydrogens is 356 g/mol. The zero-order valence-electron chi connectivity index (χ0n) is 14.0. The van der Waals surface area contributed by atoms with E-state index in [0.29, 0.717) is 43.9 Å². The van der Waals surface area contributed by atoms with Gasteiger partial charge in [0, 0.05) is 43.2 Å². The molecule has 26 heavy (non-hydrogen) atoms. The Kier molecular flexibility index (Phi) is 5.17. The second-order valence-corrected chi connectivity index (χ2v) is 6.75. The highest BCUT2D eigenvalue weighted by Gasteiger charge is 2.25. The molecule has 3 rings (SSSR count). The first-order valence-corrected chi connectivity index (χ1v) is 9.06. The standard InChI is InChI=1S/C17H18N4O4S/c18-16(22)12-2-3-14(15(10-12)21(24)25)19-5-1-6-20(8-7-19)17(23)13-4-9-26-11-13/h2-4,9-11H,1,5-8H2,(H2,18,22). The largest absolute Gasteiger partial charge is 0.366 e. The minimum atomic E-state index is -0.706. The third-order valence-corrected chi connectivity index (χ3v) is 5.03. The predicted molar refractivity (Wildman–Crippen MR) is 98.7 cm³/mol. The second-order valence-electron chi connectivity index (χ2n) is 5.97. The smallest absolute Gasteiger partial charge is 0.293 e. The molecule has 0 radical (unpaired) electrons. The molecule has 2 N–H and O–H groups in total.